The lowest BCUT2D eigenvalue weighted by Gasteiger charge is -2.29. The number of nitrogens with zero attached hydrogens (tertiary/aromatic N) is 2. The highest BCUT2D eigenvalue weighted by Gasteiger charge is 2.36. The molecule has 1 fully saturated rings. The van der Waals surface area contributed by atoms with Crippen LogP contribution in [0.1, 0.15) is 12.0 Å². The molecule has 1 aliphatic rings. The fraction of sp³-hybridized carbons (Fsp3) is 0.250. The van der Waals surface area contributed by atoms with Crippen molar-refractivity contribution in [2.45, 2.75) is 11.8 Å². The van der Waals surface area contributed by atoms with Gasteiger partial charge in [-0.05, 0) is 48.4 Å². The number of ether oxygens (including phenoxy) is 1. The monoisotopic (exact) mass is 337 g/mol. The molecule has 128 valence electrons. The molecule has 1 saturated heterocycles. The van der Waals surface area contributed by atoms with Crippen LogP contribution in [-0.4, -0.2) is 29.3 Å². The van der Waals surface area contributed by atoms with Crippen molar-refractivity contribution >= 4 is 5.69 Å². The summed E-state index contributed by atoms with van der Waals surface area (Å²) in [6.45, 7) is 2.02. The molecule has 0 amide bonds. The van der Waals surface area contributed by atoms with Crippen molar-refractivity contribution in [2.24, 2.45) is 0 Å². The Morgan fingerprint density at radius 3 is 2.76 bits per heavy atom. The van der Waals surface area contributed by atoms with E-state index in [4.69, 9.17) is 4.74 Å². The van der Waals surface area contributed by atoms with Gasteiger partial charge in [-0.3, -0.25) is 0 Å². The van der Waals surface area contributed by atoms with Crippen LogP contribution in [0.15, 0.2) is 67.3 Å². The van der Waals surface area contributed by atoms with E-state index in [1.807, 2.05) is 41.1 Å². The molecule has 5 heteroatoms. The van der Waals surface area contributed by atoms with Crippen LogP contribution < -0.4 is 5.32 Å². The normalized spacial score (nSPS) is 19.9. The Morgan fingerprint density at radius 1 is 1.20 bits per heavy atom. The lowest BCUT2D eigenvalue weighted by molar-refractivity contribution is 0.179. The number of aromatic nitrogens is 2. The first-order valence-electron chi connectivity index (χ1n) is 8.41. The molecule has 25 heavy (non-hydrogen) atoms. The average Bonchev–Trinajstić information content (AvgIpc) is 3.33. The van der Waals surface area contributed by atoms with E-state index >= 15 is 0 Å². The summed E-state index contributed by atoms with van der Waals surface area (Å²) in [4.78, 5) is 4.06. The second-order valence-corrected chi connectivity index (χ2v) is 6.46. The lowest BCUT2D eigenvalue weighted by Crippen LogP contribution is -2.35. The molecule has 0 spiro atoms. The highest BCUT2D eigenvalue weighted by molar-refractivity contribution is 5.49. The van der Waals surface area contributed by atoms with Crippen molar-refractivity contribution in [3.63, 3.8) is 0 Å². The molecule has 0 saturated carbocycles. The van der Waals surface area contributed by atoms with Gasteiger partial charge in [0.05, 0.1) is 12.9 Å². The maximum Gasteiger partial charge on any atom is 0.123 e. The molecule has 4 nitrogen and oxygen atoms in total. The van der Waals surface area contributed by atoms with Gasteiger partial charge in [0.2, 0.25) is 0 Å². The van der Waals surface area contributed by atoms with Gasteiger partial charge in [0, 0.05) is 42.3 Å². The predicted molar refractivity (Wildman–Crippen MR) is 95.6 cm³/mol. The van der Waals surface area contributed by atoms with Crippen molar-refractivity contribution in [1.29, 1.82) is 0 Å². The highest BCUT2D eigenvalue weighted by Crippen LogP contribution is 2.34. The number of rotatable bonds is 5. The van der Waals surface area contributed by atoms with Crippen LogP contribution in [0.25, 0.3) is 5.69 Å². The van der Waals surface area contributed by atoms with Gasteiger partial charge < -0.3 is 14.6 Å². The smallest absolute Gasteiger partial charge is 0.123 e. The number of benzene rings is 2. The van der Waals surface area contributed by atoms with Gasteiger partial charge in [0.15, 0.2) is 0 Å². The highest BCUT2D eigenvalue weighted by atomic mass is 19.1. The largest absolute Gasteiger partial charge is 0.384 e. The fourth-order valence-corrected chi connectivity index (χ4v) is 3.33. The average molecular weight is 337 g/mol. The second-order valence-electron chi connectivity index (χ2n) is 6.46. The number of imidazole rings is 1. The summed E-state index contributed by atoms with van der Waals surface area (Å²) in [6.07, 6.45) is 6.33. The minimum atomic E-state index is -0.200. The maximum absolute atomic E-state index is 13.7. The van der Waals surface area contributed by atoms with Gasteiger partial charge in [-0.1, -0.05) is 12.1 Å². The number of hydrogen-bond donors (Lipinski definition) is 1. The van der Waals surface area contributed by atoms with Crippen molar-refractivity contribution < 1.29 is 9.13 Å². The fourth-order valence-electron chi connectivity index (χ4n) is 3.33. The molecule has 0 bridgehead atoms. The van der Waals surface area contributed by atoms with Gasteiger partial charge in [0.25, 0.3) is 0 Å². The third-order valence-electron chi connectivity index (χ3n) is 4.84. The van der Waals surface area contributed by atoms with E-state index in [9.17, 15) is 4.39 Å². The van der Waals surface area contributed by atoms with E-state index < -0.39 is 0 Å². The van der Waals surface area contributed by atoms with Crippen LogP contribution in [0.3, 0.4) is 0 Å². The first-order chi connectivity index (χ1) is 12.3. The third kappa shape index (κ3) is 3.28. The number of nitrogens with one attached hydrogen (secondary N) is 1. The molecule has 4 rings (SSSR count). The van der Waals surface area contributed by atoms with Crippen molar-refractivity contribution in [2.75, 3.05) is 25.1 Å². The summed E-state index contributed by atoms with van der Waals surface area (Å²) in [7, 11) is 0. The molecule has 1 atom stereocenters. The van der Waals surface area contributed by atoms with Crippen LogP contribution in [0.2, 0.25) is 0 Å². The Balaban J connectivity index is 1.50. The van der Waals surface area contributed by atoms with Gasteiger partial charge in [-0.2, -0.15) is 0 Å². The third-order valence-corrected chi connectivity index (χ3v) is 4.84. The molecule has 0 radical (unpaired) electrons. The molecule has 1 unspecified atom stereocenters. The van der Waals surface area contributed by atoms with Crippen LogP contribution in [0.4, 0.5) is 10.1 Å². The van der Waals surface area contributed by atoms with Crippen LogP contribution in [-0.2, 0) is 10.2 Å². The van der Waals surface area contributed by atoms with E-state index in [1.54, 1.807) is 24.7 Å². The zero-order valence-corrected chi connectivity index (χ0v) is 13.9. The molecule has 2 heterocycles. The van der Waals surface area contributed by atoms with Crippen LogP contribution in [0, 0.1) is 5.82 Å². The summed E-state index contributed by atoms with van der Waals surface area (Å²) >= 11 is 0. The van der Waals surface area contributed by atoms with E-state index in [0.717, 1.165) is 23.4 Å². The quantitative estimate of drug-likeness (QED) is 0.770. The summed E-state index contributed by atoms with van der Waals surface area (Å²) in [5.74, 6) is -0.200. The topological polar surface area (TPSA) is 39.1 Å². The number of anilines is 1. The Morgan fingerprint density at radius 2 is 2.08 bits per heavy atom. The summed E-state index contributed by atoms with van der Waals surface area (Å²) in [5, 5.41) is 3.49. The van der Waals surface area contributed by atoms with Gasteiger partial charge in [-0.25, -0.2) is 9.37 Å². The molecule has 0 aliphatic carbocycles. The first-order valence-corrected chi connectivity index (χ1v) is 8.41. The molecule has 1 N–H and O–H groups in total. The Bertz CT molecular complexity index is 824. The SMILES string of the molecule is Fc1cccc(C2(CNc3ccc(-n4ccnc4)cc3)CCOC2)c1. The molecule has 1 aromatic heterocycles. The predicted octanol–water partition coefficient (Wildman–Crippen LogP) is 3.78. The van der Waals surface area contributed by atoms with Gasteiger partial charge >= 0.3 is 0 Å². The summed E-state index contributed by atoms with van der Waals surface area (Å²) in [6, 6.07) is 15.0. The van der Waals surface area contributed by atoms with Crippen LogP contribution in [0.5, 0.6) is 0 Å². The standard InChI is InChI=1S/C20H20FN3O/c21-17-3-1-2-16(12-17)20(8-11-25-14-20)13-23-18-4-6-19(7-5-18)24-10-9-22-15-24/h1-7,9-10,12,15,23H,8,11,13-14H2. The Kier molecular flexibility index (Phi) is 4.24. The minimum absolute atomic E-state index is 0.189. The lowest BCUT2D eigenvalue weighted by atomic mass is 9.79. The van der Waals surface area contributed by atoms with Crippen LogP contribution >= 0.6 is 0 Å². The molecule has 3 aromatic rings. The molecule has 1 aliphatic heterocycles. The zero-order valence-electron chi connectivity index (χ0n) is 13.9. The van der Waals surface area contributed by atoms with E-state index in [2.05, 4.69) is 10.3 Å². The van der Waals surface area contributed by atoms with Gasteiger partial charge in [-0.15, -0.1) is 0 Å². The van der Waals surface area contributed by atoms with Crippen molar-refractivity contribution in [3.8, 4) is 5.69 Å². The van der Waals surface area contributed by atoms with Crippen molar-refractivity contribution in [1.82, 2.24) is 9.55 Å². The number of hydrogen-bond acceptors (Lipinski definition) is 3. The van der Waals surface area contributed by atoms with Gasteiger partial charge in [0.1, 0.15) is 5.82 Å². The minimum Gasteiger partial charge on any atom is -0.384 e. The molecular weight excluding hydrogens is 317 g/mol. The second kappa shape index (κ2) is 6.69. The number of halogens is 1. The summed E-state index contributed by atoms with van der Waals surface area (Å²) in [5.41, 5.74) is 2.90. The Labute approximate surface area is 146 Å². The summed E-state index contributed by atoms with van der Waals surface area (Å²) < 4.78 is 21.3. The van der Waals surface area contributed by atoms with E-state index in [-0.39, 0.29) is 11.2 Å². The molecular formula is C20H20FN3O. The van der Waals surface area contributed by atoms with E-state index in [0.29, 0.717) is 19.8 Å². The Hall–Kier alpha value is -2.66. The van der Waals surface area contributed by atoms with Crippen molar-refractivity contribution in [3.05, 3.63) is 78.6 Å². The zero-order chi connectivity index (χ0) is 17.1. The maximum atomic E-state index is 13.7. The van der Waals surface area contributed by atoms with E-state index in [1.165, 1.54) is 6.07 Å². The first kappa shape index (κ1) is 15.8. The molecule has 2 aromatic carbocycles.